The van der Waals surface area contributed by atoms with Crippen LogP contribution in [0.2, 0.25) is 0 Å². The molecule has 0 aliphatic carbocycles. The third-order valence-corrected chi connectivity index (χ3v) is 6.32. The van der Waals surface area contributed by atoms with Crippen molar-refractivity contribution in [2.24, 2.45) is 0 Å². The molecule has 0 amide bonds. The highest BCUT2D eigenvalue weighted by Crippen LogP contribution is 2.41. The van der Waals surface area contributed by atoms with Crippen LogP contribution < -0.4 is 10.1 Å². The van der Waals surface area contributed by atoms with Crippen molar-refractivity contribution < 1.29 is 4.74 Å². The molecule has 3 nitrogen and oxygen atoms in total. The number of para-hydroxylation sites is 1. The van der Waals surface area contributed by atoms with Crippen molar-refractivity contribution in [3.63, 3.8) is 0 Å². The summed E-state index contributed by atoms with van der Waals surface area (Å²) in [7, 11) is 1.73. The predicted octanol–water partition coefficient (Wildman–Crippen LogP) is 4.50. The summed E-state index contributed by atoms with van der Waals surface area (Å²) in [6.07, 6.45) is 0.997. The zero-order chi connectivity index (χ0) is 15.8. The SMILES string of the molecule is COc1ccccc1[C@H]1N[C@@H](c2nc(C)cs2)Cc2ccsc21. The number of fused-ring (bicyclic) bond motifs is 1. The third kappa shape index (κ3) is 2.69. The van der Waals surface area contributed by atoms with Crippen LogP contribution in [0.5, 0.6) is 5.75 Å². The summed E-state index contributed by atoms with van der Waals surface area (Å²) in [5.41, 5.74) is 3.70. The Morgan fingerprint density at radius 2 is 2.09 bits per heavy atom. The summed E-state index contributed by atoms with van der Waals surface area (Å²) in [6, 6.07) is 10.9. The quantitative estimate of drug-likeness (QED) is 0.761. The van der Waals surface area contributed by atoms with E-state index in [2.05, 4.69) is 41.2 Å². The molecular weight excluding hydrogens is 324 g/mol. The van der Waals surface area contributed by atoms with E-state index < -0.39 is 0 Å². The Morgan fingerprint density at radius 3 is 2.87 bits per heavy atom. The Kier molecular flexibility index (Phi) is 3.93. The van der Waals surface area contributed by atoms with Crippen molar-refractivity contribution >= 4 is 22.7 Å². The van der Waals surface area contributed by atoms with E-state index >= 15 is 0 Å². The lowest BCUT2D eigenvalue weighted by Crippen LogP contribution is -2.33. The van der Waals surface area contributed by atoms with Gasteiger partial charge in [0.15, 0.2) is 0 Å². The minimum atomic E-state index is 0.157. The first kappa shape index (κ1) is 14.9. The van der Waals surface area contributed by atoms with Crippen molar-refractivity contribution in [1.29, 1.82) is 0 Å². The monoisotopic (exact) mass is 342 g/mol. The number of ether oxygens (including phenoxy) is 1. The van der Waals surface area contributed by atoms with Crippen LogP contribution in [0.3, 0.4) is 0 Å². The van der Waals surface area contributed by atoms with Crippen molar-refractivity contribution in [3.8, 4) is 5.75 Å². The van der Waals surface area contributed by atoms with Crippen LogP contribution in [-0.4, -0.2) is 12.1 Å². The minimum Gasteiger partial charge on any atom is -0.496 e. The molecule has 23 heavy (non-hydrogen) atoms. The van der Waals surface area contributed by atoms with Gasteiger partial charge in [0.05, 0.1) is 19.2 Å². The van der Waals surface area contributed by atoms with Crippen LogP contribution in [0.15, 0.2) is 41.1 Å². The third-order valence-electron chi connectivity index (χ3n) is 4.22. The Balaban J connectivity index is 1.77. The maximum absolute atomic E-state index is 5.59. The highest BCUT2D eigenvalue weighted by atomic mass is 32.1. The number of thiazole rings is 1. The molecule has 0 saturated heterocycles. The summed E-state index contributed by atoms with van der Waals surface area (Å²) < 4.78 is 5.59. The molecule has 1 N–H and O–H groups in total. The first-order valence-electron chi connectivity index (χ1n) is 7.63. The van der Waals surface area contributed by atoms with Crippen LogP contribution >= 0.6 is 22.7 Å². The molecular formula is C18H18N2OS2. The maximum Gasteiger partial charge on any atom is 0.124 e. The number of nitrogens with one attached hydrogen (secondary N) is 1. The summed E-state index contributed by atoms with van der Waals surface area (Å²) in [5.74, 6) is 0.931. The van der Waals surface area contributed by atoms with Gasteiger partial charge in [-0.15, -0.1) is 22.7 Å². The lowest BCUT2D eigenvalue weighted by molar-refractivity contribution is 0.393. The largest absolute Gasteiger partial charge is 0.496 e. The average Bonchev–Trinajstić information content (AvgIpc) is 3.22. The van der Waals surface area contributed by atoms with E-state index in [4.69, 9.17) is 9.72 Å². The lowest BCUT2D eigenvalue weighted by Gasteiger charge is -2.31. The van der Waals surface area contributed by atoms with E-state index in [1.807, 2.05) is 23.5 Å². The Bertz CT molecular complexity index is 824. The van der Waals surface area contributed by atoms with E-state index in [0.717, 1.165) is 17.9 Å². The number of aryl methyl sites for hydroxylation is 1. The fourth-order valence-corrected chi connectivity index (χ4v) is 5.02. The zero-order valence-electron chi connectivity index (χ0n) is 13.1. The van der Waals surface area contributed by atoms with Gasteiger partial charge in [0.25, 0.3) is 0 Å². The normalized spacial score (nSPS) is 20.3. The second-order valence-electron chi connectivity index (χ2n) is 5.74. The summed E-state index contributed by atoms with van der Waals surface area (Å²) in [5, 5.41) is 9.27. The molecule has 3 heterocycles. The van der Waals surface area contributed by atoms with Gasteiger partial charge in [-0.3, -0.25) is 5.32 Å². The number of methoxy groups -OCH3 is 1. The average molecular weight is 342 g/mol. The lowest BCUT2D eigenvalue weighted by atomic mass is 9.93. The zero-order valence-corrected chi connectivity index (χ0v) is 14.7. The smallest absolute Gasteiger partial charge is 0.124 e. The molecule has 0 unspecified atom stereocenters. The molecule has 0 radical (unpaired) electrons. The molecule has 2 aromatic heterocycles. The Hall–Kier alpha value is -1.69. The molecule has 3 aromatic rings. The van der Waals surface area contributed by atoms with Crippen molar-refractivity contribution in [3.05, 3.63) is 67.8 Å². The number of hydrogen-bond donors (Lipinski definition) is 1. The second-order valence-corrected chi connectivity index (χ2v) is 7.57. The van der Waals surface area contributed by atoms with E-state index in [9.17, 15) is 0 Å². The molecule has 1 aliphatic rings. The molecule has 4 rings (SSSR count). The predicted molar refractivity (Wildman–Crippen MR) is 95.6 cm³/mol. The van der Waals surface area contributed by atoms with Crippen LogP contribution in [0.1, 0.15) is 38.8 Å². The van der Waals surface area contributed by atoms with Crippen molar-refractivity contribution in [2.75, 3.05) is 7.11 Å². The summed E-state index contributed by atoms with van der Waals surface area (Å²) >= 11 is 3.55. The fraction of sp³-hybridized carbons (Fsp3) is 0.278. The van der Waals surface area contributed by atoms with Gasteiger partial charge in [0.2, 0.25) is 0 Å². The van der Waals surface area contributed by atoms with E-state index in [1.165, 1.54) is 21.0 Å². The molecule has 0 spiro atoms. The molecule has 5 heteroatoms. The molecule has 0 saturated carbocycles. The molecule has 118 valence electrons. The highest BCUT2D eigenvalue weighted by Gasteiger charge is 2.32. The van der Waals surface area contributed by atoms with Gasteiger partial charge in [0.1, 0.15) is 10.8 Å². The minimum absolute atomic E-state index is 0.157. The Labute approximate surface area is 144 Å². The van der Waals surface area contributed by atoms with E-state index in [1.54, 1.807) is 18.4 Å². The van der Waals surface area contributed by atoms with Gasteiger partial charge in [0, 0.05) is 21.5 Å². The first-order chi connectivity index (χ1) is 11.3. The molecule has 0 bridgehead atoms. The van der Waals surface area contributed by atoms with Gasteiger partial charge < -0.3 is 4.74 Å². The molecule has 1 aromatic carbocycles. The number of thiophene rings is 1. The van der Waals surface area contributed by atoms with Crippen molar-refractivity contribution in [2.45, 2.75) is 25.4 Å². The fourth-order valence-electron chi connectivity index (χ4n) is 3.15. The van der Waals surface area contributed by atoms with Gasteiger partial charge >= 0.3 is 0 Å². The number of nitrogens with zero attached hydrogens (tertiary/aromatic N) is 1. The summed E-state index contributed by atoms with van der Waals surface area (Å²) in [6.45, 7) is 2.05. The molecule has 2 atom stereocenters. The Morgan fingerprint density at radius 1 is 1.22 bits per heavy atom. The van der Waals surface area contributed by atoms with Crippen LogP contribution in [0.4, 0.5) is 0 Å². The van der Waals surface area contributed by atoms with E-state index in [-0.39, 0.29) is 12.1 Å². The van der Waals surface area contributed by atoms with Crippen LogP contribution in [-0.2, 0) is 6.42 Å². The molecule has 0 fully saturated rings. The van der Waals surface area contributed by atoms with Gasteiger partial charge in [-0.05, 0) is 36.4 Å². The van der Waals surface area contributed by atoms with E-state index in [0.29, 0.717) is 0 Å². The summed E-state index contributed by atoms with van der Waals surface area (Å²) in [4.78, 5) is 6.08. The number of hydrogen-bond acceptors (Lipinski definition) is 5. The highest BCUT2D eigenvalue weighted by molar-refractivity contribution is 7.10. The number of rotatable bonds is 3. The first-order valence-corrected chi connectivity index (χ1v) is 9.39. The maximum atomic E-state index is 5.59. The standard InChI is InChI=1S/C18H18N2OS2/c1-11-10-23-18(19-11)14-9-12-7-8-22-17(12)16(20-14)13-5-3-4-6-15(13)21-2/h3-8,10,14,16,20H,9H2,1-2H3/t14-,16-/m1/s1. The number of aromatic nitrogens is 1. The molecule has 1 aliphatic heterocycles. The van der Waals surface area contributed by atoms with Gasteiger partial charge in [-0.2, -0.15) is 0 Å². The van der Waals surface area contributed by atoms with Crippen LogP contribution in [0.25, 0.3) is 0 Å². The topological polar surface area (TPSA) is 34.1 Å². The second kappa shape index (κ2) is 6.07. The van der Waals surface area contributed by atoms with Crippen LogP contribution in [0, 0.1) is 6.92 Å². The van der Waals surface area contributed by atoms with Gasteiger partial charge in [-0.1, -0.05) is 18.2 Å². The van der Waals surface area contributed by atoms with Crippen molar-refractivity contribution in [1.82, 2.24) is 10.3 Å². The number of benzene rings is 1. The van der Waals surface area contributed by atoms with Gasteiger partial charge in [-0.25, -0.2) is 4.98 Å².